The van der Waals surface area contributed by atoms with E-state index in [-0.39, 0.29) is 6.04 Å². The summed E-state index contributed by atoms with van der Waals surface area (Å²) in [5, 5.41) is 12.1. The summed E-state index contributed by atoms with van der Waals surface area (Å²) in [5.74, 6) is 2.34. The van der Waals surface area contributed by atoms with Gasteiger partial charge in [-0.05, 0) is 24.6 Å². The van der Waals surface area contributed by atoms with Gasteiger partial charge in [-0.3, -0.25) is 0 Å². The van der Waals surface area contributed by atoms with E-state index in [1.165, 1.54) is 0 Å². The first-order chi connectivity index (χ1) is 10.3. The molecule has 0 aliphatic carbocycles. The van der Waals surface area contributed by atoms with Crippen molar-refractivity contribution in [3.8, 4) is 17.6 Å². The maximum atomic E-state index is 8.77. The quantitative estimate of drug-likeness (QED) is 0.935. The van der Waals surface area contributed by atoms with Crippen LogP contribution >= 0.6 is 0 Å². The van der Waals surface area contributed by atoms with E-state index in [0.29, 0.717) is 12.2 Å². The van der Waals surface area contributed by atoms with Gasteiger partial charge in [0.2, 0.25) is 0 Å². The van der Waals surface area contributed by atoms with Gasteiger partial charge < -0.3 is 14.8 Å². The van der Waals surface area contributed by atoms with Crippen LogP contribution in [0.2, 0.25) is 0 Å². The Morgan fingerprint density at radius 3 is 3.00 bits per heavy atom. The second-order valence-corrected chi connectivity index (χ2v) is 4.85. The van der Waals surface area contributed by atoms with Gasteiger partial charge in [-0.15, -0.1) is 0 Å². The third-order valence-electron chi connectivity index (χ3n) is 3.42. The van der Waals surface area contributed by atoms with E-state index in [1.807, 2.05) is 18.2 Å². The summed E-state index contributed by atoms with van der Waals surface area (Å²) in [4.78, 5) is 4.22. The lowest BCUT2D eigenvalue weighted by atomic mass is 10.0. The molecule has 0 saturated heterocycles. The zero-order valence-electron chi connectivity index (χ0n) is 11.7. The Balaban J connectivity index is 1.73. The zero-order chi connectivity index (χ0) is 14.7. The normalized spacial score (nSPS) is 16.3. The Labute approximate surface area is 123 Å². The first-order valence-corrected chi connectivity index (χ1v) is 6.71. The van der Waals surface area contributed by atoms with E-state index >= 15 is 0 Å². The van der Waals surface area contributed by atoms with Crippen molar-refractivity contribution in [1.29, 1.82) is 5.26 Å². The number of ether oxygens (including phenoxy) is 2. The molecule has 1 aliphatic rings. The van der Waals surface area contributed by atoms with Gasteiger partial charge in [0, 0.05) is 11.8 Å². The fraction of sp³-hybridized carbons (Fsp3) is 0.250. The zero-order valence-corrected chi connectivity index (χ0v) is 11.7. The van der Waals surface area contributed by atoms with Gasteiger partial charge in [-0.2, -0.15) is 5.26 Å². The molecule has 2 aromatic rings. The minimum Gasteiger partial charge on any atom is -0.493 e. The van der Waals surface area contributed by atoms with Crippen LogP contribution in [-0.2, 0) is 6.42 Å². The van der Waals surface area contributed by atoms with Crippen LogP contribution in [-0.4, -0.2) is 24.7 Å². The number of hydrogen-bond donors (Lipinski definition) is 1. The number of para-hydroxylation sites is 1. The summed E-state index contributed by atoms with van der Waals surface area (Å²) >= 11 is 0. The second kappa shape index (κ2) is 5.71. The van der Waals surface area contributed by atoms with E-state index < -0.39 is 0 Å². The lowest BCUT2D eigenvalue weighted by Crippen LogP contribution is -2.33. The Morgan fingerprint density at radius 1 is 1.38 bits per heavy atom. The average Bonchev–Trinajstić information content (AvgIpc) is 2.54. The number of anilines is 1. The number of rotatable bonds is 3. The molecule has 1 unspecified atom stereocenters. The smallest absolute Gasteiger partial charge is 0.164 e. The molecule has 1 aromatic carbocycles. The summed E-state index contributed by atoms with van der Waals surface area (Å²) in [6.45, 7) is 0.551. The summed E-state index contributed by atoms with van der Waals surface area (Å²) in [5.41, 5.74) is 1.67. The van der Waals surface area contributed by atoms with Crippen molar-refractivity contribution in [3.63, 3.8) is 0 Å². The van der Waals surface area contributed by atoms with Gasteiger partial charge in [0.25, 0.3) is 0 Å². The van der Waals surface area contributed by atoms with Crippen molar-refractivity contribution in [2.45, 2.75) is 12.5 Å². The lowest BCUT2D eigenvalue weighted by Gasteiger charge is -2.27. The van der Waals surface area contributed by atoms with Gasteiger partial charge in [-0.25, -0.2) is 4.98 Å². The molecule has 106 valence electrons. The highest BCUT2D eigenvalue weighted by Crippen LogP contribution is 2.34. The summed E-state index contributed by atoms with van der Waals surface area (Å²) in [6, 6.07) is 11.6. The van der Waals surface area contributed by atoms with E-state index in [2.05, 4.69) is 16.4 Å². The highest BCUT2D eigenvalue weighted by Gasteiger charge is 2.22. The molecule has 0 amide bonds. The van der Waals surface area contributed by atoms with E-state index in [4.69, 9.17) is 14.7 Å². The fourth-order valence-electron chi connectivity index (χ4n) is 2.40. The number of aromatic nitrogens is 1. The second-order valence-electron chi connectivity index (χ2n) is 4.85. The van der Waals surface area contributed by atoms with Crippen LogP contribution in [0, 0.1) is 11.3 Å². The van der Waals surface area contributed by atoms with Gasteiger partial charge in [0.05, 0.1) is 18.7 Å². The monoisotopic (exact) mass is 281 g/mol. The molecule has 0 saturated carbocycles. The Kier molecular flexibility index (Phi) is 3.61. The predicted molar refractivity (Wildman–Crippen MR) is 78.6 cm³/mol. The van der Waals surface area contributed by atoms with Crippen LogP contribution < -0.4 is 14.8 Å². The van der Waals surface area contributed by atoms with Gasteiger partial charge >= 0.3 is 0 Å². The van der Waals surface area contributed by atoms with Crippen molar-refractivity contribution >= 4 is 5.82 Å². The molecule has 0 radical (unpaired) electrons. The molecular formula is C16H15N3O2. The first-order valence-electron chi connectivity index (χ1n) is 6.71. The van der Waals surface area contributed by atoms with Gasteiger partial charge in [-0.1, -0.05) is 12.1 Å². The molecule has 1 aromatic heterocycles. The number of benzene rings is 1. The Morgan fingerprint density at radius 2 is 2.29 bits per heavy atom. The van der Waals surface area contributed by atoms with Crippen molar-refractivity contribution in [2.75, 3.05) is 19.0 Å². The highest BCUT2D eigenvalue weighted by atomic mass is 16.5. The molecule has 0 spiro atoms. The third-order valence-corrected chi connectivity index (χ3v) is 3.42. The molecule has 0 fully saturated rings. The van der Waals surface area contributed by atoms with Crippen LogP contribution in [0.3, 0.4) is 0 Å². The topological polar surface area (TPSA) is 67.2 Å². The Hall–Kier alpha value is -2.74. The number of hydrogen-bond acceptors (Lipinski definition) is 5. The first kappa shape index (κ1) is 13.3. The molecule has 5 heteroatoms. The van der Waals surface area contributed by atoms with Crippen LogP contribution in [0.25, 0.3) is 0 Å². The fourth-order valence-corrected chi connectivity index (χ4v) is 2.40. The molecular weight excluding hydrogens is 266 g/mol. The van der Waals surface area contributed by atoms with E-state index in [9.17, 15) is 0 Å². The SMILES string of the molecule is COc1cccc2c1OCC(Nc1ccc(C#N)cn1)C2. The maximum absolute atomic E-state index is 8.77. The van der Waals surface area contributed by atoms with Crippen LogP contribution in [0.5, 0.6) is 11.5 Å². The molecule has 1 aliphatic heterocycles. The van der Waals surface area contributed by atoms with Crippen LogP contribution in [0.1, 0.15) is 11.1 Å². The highest BCUT2D eigenvalue weighted by molar-refractivity contribution is 5.49. The molecule has 3 rings (SSSR count). The minimum absolute atomic E-state index is 0.144. The number of methoxy groups -OCH3 is 1. The van der Waals surface area contributed by atoms with E-state index in [1.54, 1.807) is 25.4 Å². The number of nitrogens with one attached hydrogen (secondary N) is 1. The Bertz CT molecular complexity index is 677. The number of pyridine rings is 1. The minimum atomic E-state index is 0.144. The van der Waals surface area contributed by atoms with Crippen molar-refractivity contribution in [1.82, 2.24) is 4.98 Å². The van der Waals surface area contributed by atoms with Gasteiger partial charge in [0.15, 0.2) is 11.5 Å². The molecule has 5 nitrogen and oxygen atoms in total. The summed E-state index contributed by atoms with van der Waals surface area (Å²) in [6.07, 6.45) is 2.40. The van der Waals surface area contributed by atoms with Crippen molar-refractivity contribution in [2.24, 2.45) is 0 Å². The standard InChI is InChI=1S/C16H15N3O2/c1-20-14-4-2-3-12-7-13(10-21-16(12)14)19-15-6-5-11(8-17)9-18-15/h2-6,9,13H,7,10H2,1H3,(H,18,19). The summed E-state index contributed by atoms with van der Waals surface area (Å²) < 4.78 is 11.1. The largest absolute Gasteiger partial charge is 0.493 e. The van der Waals surface area contributed by atoms with Crippen molar-refractivity contribution < 1.29 is 9.47 Å². The molecule has 1 atom stereocenters. The molecule has 1 N–H and O–H groups in total. The van der Waals surface area contributed by atoms with Crippen molar-refractivity contribution in [3.05, 3.63) is 47.7 Å². The molecule has 21 heavy (non-hydrogen) atoms. The van der Waals surface area contributed by atoms with Crippen LogP contribution in [0.15, 0.2) is 36.5 Å². The number of nitrogens with zero attached hydrogens (tertiary/aromatic N) is 2. The third kappa shape index (κ3) is 2.75. The van der Waals surface area contributed by atoms with Crippen LogP contribution in [0.4, 0.5) is 5.82 Å². The molecule has 0 bridgehead atoms. The van der Waals surface area contributed by atoms with E-state index in [0.717, 1.165) is 29.3 Å². The summed E-state index contributed by atoms with van der Waals surface area (Å²) in [7, 11) is 1.64. The number of fused-ring (bicyclic) bond motifs is 1. The maximum Gasteiger partial charge on any atom is 0.164 e. The number of nitriles is 1. The van der Waals surface area contributed by atoms with Gasteiger partial charge in [0.1, 0.15) is 18.5 Å². The molecule has 2 heterocycles. The lowest BCUT2D eigenvalue weighted by molar-refractivity contribution is 0.256. The predicted octanol–water partition coefficient (Wildman–Crippen LogP) is 2.38. The average molecular weight is 281 g/mol.